The van der Waals surface area contributed by atoms with Crippen molar-refractivity contribution in [3.8, 4) is 0 Å². The Morgan fingerprint density at radius 3 is 2.46 bits per heavy atom. The Hall–Kier alpha value is -0.770. The smallest absolute Gasteiger partial charge is 0.0700 e. The van der Waals surface area contributed by atoms with Gasteiger partial charge in [-0.3, -0.25) is 0 Å². The highest BCUT2D eigenvalue weighted by atomic mass is 16.5. The molecule has 0 aromatic heterocycles. The van der Waals surface area contributed by atoms with E-state index in [1.54, 1.807) is 0 Å². The number of unbranched alkanes of at least 4 members (excludes halogenated alkanes) is 1. The van der Waals surface area contributed by atoms with Crippen LogP contribution in [-0.2, 0) is 9.47 Å². The van der Waals surface area contributed by atoms with Gasteiger partial charge in [-0.2, -0.15) is 0 Å². The third kappa shape index (κ3) is 11.2. The minimum atomic E-state index is 0.394. The lowest BCUT2D eigenvalue weighted by Crippen LogP contribution is -2.07. The zero-order chi connectivity index (χ0) is 9.78. The highest BCUT2D eigenvalue weighted by Crippen LogP contribution is 1.87. The fourth-order valence-corrected chi connectivity index (χ4v) is 0.718. The van der Waals surface area contributed by atoms with Gasteiger partial charge in [0.05, 0.1) is 19.8 Å². The molecular weight excluding hydrogens is 170 g/mol. The first-order chi connectivity index (χ1) is 6.41. The van der Waals surface area contributed by atoms with Gasteiger partial charge >= 0.3 is 0 Å². The van der Waals surface area contributed by atoms with Crippen LogP contribution in [0.15, 0.2) is 5.11 Å². The van der Waals surface area contributed by atoms with E-state index in [4.69, 9.17) is 15.0 Å². The normalized spacial score (nSPS) is 9.62. The van der Waals surface area contributed by atoms with Crippen molar-refractivity contribution in [3.05, 3.63) is 10.4 Å². The molecule has 0 atom stereocenters. The number of hydrogen-bond acceptors (Lipinski definition) is 3. The molecule has 5 nitrogen and oxygen atoms in total. The van der Waals surface area contributed by atoms with E-state index in [-0.39, 0.29) is 0 Å². The highest BCUT2D eigenvalue weighted by Gasteiger charge is 1.88. The zero-order valence-corrected chi connectivity index (χ0v) is 8.11. The Morgan fingerprint density at radius 1 is 1.15 bits per heavy atom. The maximum atomic E-state index is 7.94. The second-order valence-electron chi connectivity index (χ2n) is 2.53. The lowest BCUT2D eigenvalue weighted by atomic mass is 10.4. The molecule has 0 radical (unpaired) electrons. The molecule has 0 spiro atoms. The van der Waals surface area contributed by atoms with Crippen molar-refractivity contribution in [1.29, 1.82) is 0 Å². The van der Waals surface area contributed by atoms with Crippen LogP contribution < -0.4 is 0 Å². The Labute approximate surface area is 78.7 Å². The maximum absolute atomic E-state index is 7.94. The van der Waals surface area contributed by atoms with E-state index >= 15 is 0 Å². The average molecular weight is 187 g/mol. The minimum Gasteiger partial charge on any atom is -0.379 e. The van der Waals surface area contributed by atoms with E-state index in [1.807, 2.05) is 0 Å². The van der Waals surface area contributed by atoms with Crippen molar-refractivity contribution in [3.63, 3.8) is 0 Å². The Balaban J connectivity index is 2.87. The molecule has 5 heteroatoms. The predicted octanol–water partition coefficient (Wildman–Crippen LogP) is 2.13. The molecule has 76 valence electrons. The van der Waals surface area contributed by atoms with Gasteiger partial charge in [0, 0.05) is 18.1 Å². The quantitative estimate of drug-likeness (QED) is 0.240. The minimum absolute atomic E-state index is 0.394. The molecule has 0 heterocycles. The fourth-order valence-electron chi connectivity index (χ4n) is 0.718. The molecule has 0 unspecified atom stereocenters. The first-order valence-corrected chi connectivity index (χ1v) is 4.58. The molecule has 0 rings (SSSR count). The molecule has 13 heavy (non-hydrogen) atoms. The summed E-state index contributed by atoms with van der Waals surface area (Å²) in [6.45, 7) is 4.99. The standard InChI is InChI=1S/C8H17N3O2/c1-2-3-5-12-7-8-13-6-4-10-11-9/h2-8H2,1H3. The van der Waals surface area contributed by atoms with E-state index in [1.165, 1.54) is 0 Å². The average Bonchev–Trinajstić information content (AvgIpc) is 2.16. The second-order valence-corrected chi connectivity index (χ2v) is 2.53. The zero-order valence-electron chi connectivity index (χ0n) is 8.11. The first kappa shape index (κ1) is 12.2. The second kappa shape index (κ2) is 11.2. The third-order valence-electron chi connectivity index (χ3n) is 1.41. The summed E-state index contributed by atoms with van der Waals surface area (Å²) in [5.74, 6) is 0. The number of ether oxygens (including phenoxy) is 2. The summed E-state index contributed by atoms with van der Waals surface area (Å²) in [5, 5.41) is 3.33. The summed E-state index contributed by atoms with van der Waals surface area (Å²) in [6.07, 6.45) is 2.25. The van der Waals surface area contributed by atoms with E-state index in [2.05, 4.69) is 16.9 Å². The van der Waals surface area contributed by atoms with Gasteiger partial charge < -0.3 is 9.47 Å². The van der Waals surface area contributed by atoms with Crippen molar-refractivity contribution in [2.75, 3.05) is 33.0 Å². The number of azide groups is 1. The van der Waals surface area contributed by atoms with Crippen molar-refractivity contribution in [1.82, 2.24) is 0 Å². The molecule has 0 fully saturated rings. The van der Waals surface area contributed by atoms with Gasteiger partial charge in [0.1, 0.15) is 0 Å². The van der Waals surface area contributed by atoms with Crippen LogP contribution in [0.5, 0.6) is 0 Å². The molecule has 0 aliphatic carbocycles. The SMILES string of the molecule is CCCCOCCOCCN=[N+]=[N-]. The van der Waals surface area contributed by atoms with Gasteiger partial charge in [-0.25, -0.2) is 0 Å². The fraction of sp³-hybridized carbons (Fsp3) is 1.00. The molecule has 0 aromatic rings. The summed E-state index contributed by atoms with van der Waals surface area (Å²) in [4.78, 5) is 2.61. The van der Waals surface area contributed by atoms with Crippen LogP contribution in [-0.4, -0.2) is 33.0 Å². The van der Waals surface area contributed by atoms with E-state index < -0.39 is 0 Å². The van der Waals surface area contributed by atoms with E-state index in [0.717, 1.165) is 19.4 Å². The summed E-state index contributed by atoms with van der Waals surface area (Å²) in [7, 11) is 0. The molecule has 0 aromatic carbocycles. The van der Waals surface area contributed by atoms with Crippen molar-refractivity contribution >= 4 is 0 Å². The van der Waals surface area contributed by atoms with Crippen LogP contribution in [0.4, 0.5) is 0 Å². The van der Waals surface area contributed by atoms with Gasteiger partial charge in [-0.05, 0) is 12.0 Å². The van der Waals surface area contributed by atoms with Crippen molar-refractivity contribution in [2.24, 2.45) is 5.11 Å². The molecular formula is C8H17N3O2. The largest absolute Gasteiger partial charge is 0.379 e. The van der Waals surface area contributed by atoms with Crippen LogP contribution in [0.1, 0.15) is 19.8 Å². The molecule has 0 N–H and O–H groups in total. The number of nitrogens with zero attached hydrogens (tertiary/aromatic N) is 3. The Bertz CT molecular complexity index is 146. The summed E-state index contributed by atoms with van der Waals surface area (Å²) < 4.78 is 10.4. The molecule has 0 aliphatic rings. The molecule has 0 saturated heterocycles. The summed E-state index contributed by atoms with van der Waals surface area (Å²) in [6, 6.07) is 0. The molecule has 0 amide bonds. The van der Waals surface area contributed by atoms with Crippen LogP contribution in [0.3, 0.4) is 0 Å². The first-order valence-electron chi connectivity index (χ1n) is 4.58. The monoisotopic (exact) mass is 187 g/mol. The van der Waals surface area contributed by atoms with Crippen LogP contribution in [0, 0.1) is 0 Å². The number of rotatable bonds is 9. The summed E-state index contributed by atoms with van der Waals surface area (Å²) in [5.41, 5.74) is 7.94. The van der Waals surface area contributed by atoms with Crippen molar-refractivity contribution in [2.45, 2.75) is 19.8 Å². The molecule has 0 bridgehead atoms. The van der Waals surface area contributed by atoms with Gasteiger partial charge in [0.15, 0.2) is 0 Å². The molecule has 0 aliphatic heterocycles. The molecule has 0 saturated carbocycles. The number of hydrogen-bond donors (Lipinski definition) is 0. The highest BCUT2D eigenvalue weighted by molar-refractivity contribution is 4.44. The van der Waals surface area contributed by atoms with Crippen molar-refractivity contribution < 1.29 is 9.47 Å². The van der Waals surface area contributed by atoms with Gasteiger partial charge in [-0.1, -0.05) is 18.5 Å². The topological polar surface area (TPSA) is 67.2 Å². The Morgan fingerprint density at radius 2 is 1.85 bits per heavy atom. The van der Waals surface area contributed by atoms with Crippen LogP contribution >= 0.6 is 0 Å². The van der Waals surface area contributed by atoms with E-state index in [9.17, 15) is 0 Å². The van der Waals surface area contributed by atoms with Gasteiger partial charge in [0.2, 0.25) is 0 Å². The van der Waals surface area contributed by atoms with Crippen LogP contribution in [0.25, 0.3) is 10.4 Å². The lowest BCUT2D eigenvalue weighted by Gasteiger charge is -2.03. The van der Waals surface area contributed by atoms with Crippen LogP contribution in [0.2, 0.25) is 0 Å². The lowest BCUT2D eigenvalue weighted by molar-refractivity contribution is 0.0497. The summed E-state index contributed by atoms with van der Waals surface area (Å²) >= 11 is 0. The third-order valence-corrected chi connectivity index (χ3v) is 1.41. The predicted molar refractivity (Wildman–Crippen MR) is 50.6 cm³/mol. The van der Waals surface area contributed by atoms with Gasteiger partial charge in [0.25, 0.3) is 0 Å². The Kier molecular flexibility index (Phi) is 10.6. The maximum Gasteiger partial charge on any atom is 0.0700 e. The van der Waals surface area contributed by atoms with E-state index in [0.29, 0.717) is 26.4 Å². The van der Waals surface area contributed by atoms with Gasteiger partial charge in [-0.15, -0.1) is 0 Å².